The minimum absolute atomic E-state index is 0.852. The maximum atomic E-state index is 14.8. The van der Waals surface area contributed by atoms with Crippen LogP contribution in [0.2, 0.25) is 0 Å². The zero-order valence-electron chi connectivity index (χ0n) is 19.2. The molecule has 5 aromatic rings. The molecule has 0 atom stereocenters. The molecule has 0 saturated heterocycles. The van der Waals surface area contributed by atoms with Gasteiger partial charge in [-0.05, 0) is 17.7 Å². The highest BCUT2D eigenvalue weighted by molar-refractivity contribution is 7.55. The second kappa shape index (κ2) is 8.03. The third kappa shape index (κ3) is 2.97. The van der Waals surface area contributed by atoms with Gasteiger partial charge in [0.2, 0.25) is 0 Å². The third-order valence-corrected chi connectivity index (χ3v) is 9.18. The first kappa shape index (κ1) is 21.7. The zero-order chi connectivity index (χ0) is 23.2. The van der Waals surface area contributed by atoms with Crippen molar-refractivity contribution in [2.24, 2.45) is 14.1 Å². The van der Waals surface area contributed by atoms with Crippen LogP contribution in [0.25, 0.3) is 21.8 Å². The molecule has 5 nitrogen and oxygen atoms in total. The first-order chi connectivity index (χ1) is 16.0. The number of hydrogen-bond donors (Lipinski definition) is 0. The van der Waals surface area contributed by atoms with E-state index < -0.39 is 12.8 Å². The molecular weight excluding hydrogens is 431 g/mol. The zero-order valence-corrected chi connectivity index (χ0v) is 20.1. The largest absolute Gasteiger partial charge is 0.350 e. The fraction of sp³-hybridized carbons (Fsp3) is 0.185. The lowest BCUT2D eigenvalue weighted by Crippen LogP contribution is -2.30. The van der Waals surface area contributed by atoms with Gasteiger partial charge in [-0.3, -0.25) is 4.57 Å². The van der Waals surface area contributed by atoms with Gasteiger partial charge in [0.05, 0.1) is 0 Å². The van der Waals surface area contributed by atoms with Gasteiger partial charge in [0.25, 0.3) is 0 Å². The molecule has 5 rings (SSSR count). The quantitative estimate of drug-likeness (QED) is 0.275. The van der Waals surface area contributed by atoms with Crippen LogP contribution in [0.1, 0.15) is 16.7 Å². The first-order valence-electron chi connectivity index (χ1n) is 10.8. The van der Waals surface area contributed by atoms with Gasteiger partial charge in [-0.2, -0.15) is 0 Å². The van der Waals surface area contributed by atoms with Crippen molar-refractivity contribution in [2.45, 2.75) is 5.16 Å². The van der Waals surface area contributed by atoms with Crippen LogP contribution < -0.4 is 0 Å². The number of hydrogen-bond acceptors (Lipinski definition) is 3. The molecule has 0 fully saturated rings. The first-order valence-corrected chi connectivity index (χ1v) is 12.4. The summed E-state index contributed by atoms with van der Waals surface area (Å²) in [6, 6.07) is 26.3. The van der Waals surface area contributed by atoms with E-state index in [4.69, 9.17) is 9.05 Å². The van der Waals surface area contributed by atoms with E-state index in [2.05, 4.69) is 45.8 Å². The van der Waals surface area contributed by atoms with Crippen molar-refractivity contribution >= 4 is 29.4 Å². The Labute approximate surface area is 193 Å². The molecule has 0 saturated carbocycles. The van der Waals surface area contributed by atoms with Crippen LogP contribution in [-0.4, -0.2) is 23.4 Å². The predicted molar refractivity (Wildman–Crippen MR) is 134 cm³/mol. The average molecular weight is 458 g/mol. The molecule has 0 unspecified atom stereocenters. The standard InChI is InChI=1S/C27H27N2O3P/c1-28-18-23(21-14-8-10-16-25(21)28)27(33(30,31-3)32-4,20-12-6-5-7-13-20)24-19-29(2)26-17-11-9-15-22(24)26/h5-19H,1-4H3. The molecular formula is C27H27N2O3P. The van der Waals surface area contributed by atoms with Gasteiger partial charge >= 0.3 is 7.60 Å². The van der Waals surface area contributed by atoms with Gasteiger partial charge in [-0.15, -0.1) is 0 Å². The van der Waals surface area contributed by atoms with Crippen molar-refractivity contribution in [3.63, 3.8) is 0 Å². The van der Waals surface area contributed by atoms with Crippen LogP contribution in [0.15, 0.2) is 91.3 Å². The van der Waals surface area contributed by atoms with Crippen molar-refractivity contribution in [1.82, 2.24) is 9.13 Å². The van der Waals surface area contributed by atoms with Crippen LogP contribution >= 0.6 is 7.60 Å². The summed E-state index contributed by atoms with van der Waals surface area (Å²) in [7, 11) is 3.16. The highest BCUT2D eigenvalue weighted by atomic mass is 31.2. The monoisotopic (exact) mass is 458 g/mol. The van der Waals surface area contributed by atoms with Gasteiger partial charge in [0, 0.05) is 73.6 Å². The Bertz CT molecular complexity index is 1410. The fourth-order valence-corrected chi connectivity index (χ4v) is 7.31. The molecule has 0 N–H and O–H groups in total. The summed E-state index contributed by atoms with van der Waals surface area (Å²) in [5.41, 5.74) is 4.72. The van der Waals surface area contributed by atoms with Crippen molar-refractivity contribution in [1.29, 1.82) is 0 Å². The van der Waals surface area contributed by atoms with E-state index >= 15 is 0 Å². The van der Waals surface area contributed by atoms with Crippen molar-refractivity contribution in [3.8, 4) is 0 Å². The molecule has 0 amide bonds. The van der Waals surface area contributed by atoms with E-state index in [0.29, 0.717) is 0 Å². The van der Waals surface area contributed by atoms with Gasteiger partial charge < -0.3 is 18.2 Å². The second-order valence-electron chi connectivity index (χ2n) is 8.28. The molecule has 0 radical (unpaired) electrons. The summed E-state index contributed by atoms with van der Waals surface area (Å²) in [6.45, 7) is 0. The number of fused-ring (bicyclic) bond motifs is 2. The number of aromatic nitrogens is 2. The molecule has 0 aliphatic rings. The summed E-state index contributed by atoms with van der Waals surface area (Å²) < 4.78 is 30.7. The Morgan fingerprint density at radius 3 is 1.55 bits per heavy atom. The summed E-state index contributed by atoms with van der Waals surface area (Å²) in [6.07, 6.45) is 4.12. The summed E-state index contributed by atoms with van der Waals surface area (Å²) >= 11 is 0. The number of rotatable bonds is 6. The smallest absolute Gasteiger partial charge is 0.349 e. The van der Waals surface area contributed by atoms with Crippen molar-refractivity contribution in [2.75, 3.05) is 14.2 Å². The molecule has 0 spiro atoms. The number of aryl methyl sites for hydroxylation is 2. The minimum Gasteiger partial charge on any atom is -0.350 e. The Balaban J connectivity index is 2.07. The molecule has 33 heavy (non-hydrogen) atoms. The van der Waals surface area contributed by atoms with E-state index in [-0.39, 0.29) is 0 Å². The Hall–Kier alpha value is -3.11. The lowest BCUT2D eigenvalue weighted by Gasteiger charge is -2.38. The summed E-state index contributed by atoms with van der Waals surface area (Å²) in [5.74, 6) is 0. The summed E-state index contributed by atoms with van der Waals surface area (Å²) in [4.78, 5) is 0. The van der Waals surface area contributed by atoms with E-state index in [0.717, 1.165) is 38.5 Å². The van der Waals surface area contributed by atoms with E-state index in [1.807, 2.05) is 68.7 Å². The SMILES string of the molecule is COP(=O)(OC)C(c1ccccc1)(c1cn(C)c2ccccc12)c1cn(C)c2ccccc12. The molecule has 2 heterocycles. The van der Waals surface area contributed by atoms with Gasteiger partial charge in [0.15, 0.2) is 5.16 Å². The molecule has 6 heteroatoms. The fourth-order valence-electron chi connectivity index (χ4n) is 5.20. The number of para-hydroxylation sites is 2. The Morgan fingerprint density at radius 2 is 1.09 bits per heavy atom. The topological polar surface area (TPSA) is 45.4 Å². The lowest BCUT2D eigenvalue weighted by atomic mass is 9.83. The van der Waals surface area contributed by atoms with Crippen molar-refractivity contribution < 1.29 is 13.6 Å². The van der Waals surface area contributed by atoms with Crippen molar-refractivity contribution in [3.05, 3.63) is 108 Å². The molecule has 0 bridgehead atoms. The Morgan fingerprint density at radius 1 is 0.667 bits per heavy atom. The van der Waals surface area contributed by atoms with Gasteiger partial charge in [-0.1, -0.05) is 66.7 Å². The van der Waals surface area contributed by atoms with Crippen LogP contribution in [0.3, 0.4) is 0 Å². The molecule has 0 aliphatic carbocycles. The van der Waals surface area contributed by atoms with E-state index in [9.17, 15) is 4.57 Å². The lowest BCUT2D eigenvalue weighted by molar-refractivity contribution is 0.259. The number of benzene rings is 3. The maximum Gasteiger partial charge on any atom is 0.349 e. The Kier molecular flexibility index (Phi) is 5.29. The van der Waals surface area contributed by atoms with E-state index in [1.54, 1.807) is 0 Å². The van der Waals surface area contributed by atoms with Gasteiger partial charge in [-0.25, -0.2) is 0 Å². The van der Waals surface area contributed by atoms with Gasteiger partial charge in [0.1, 0.15) is 0 Å². The average Bonchev–Trinajstić information content (AvgIpc) is 3.38. The van der Waals surface area contributed by atoms with Crippen LogP contribution in [0.4, 0.5) is 0 Å². The normalized spacial score (nSPS) is 12.6. The van der Waals surface area contributed by atoms with Crippen LogP contribution in [-0.2, 0) is 32.9 Å². The predicted octanol–water partition coefficient (Wildman–Crippen LogP) is 6.45. The highest BCUT2D eigenvalue weighted by Gasteiger charge is 2.56. The second-order valence-corrected chi connectivity index (χ2v) is 10.7. The molecule has 0 aliphatic heterocycles. The minimum atomic E-state index is -3.80. The molecule has 2 aromatic heterocycles. The number of nitrogens with zero attached hydrogens (tertiary/aromatic N) is 2. The molecule has 168 valence electrons. The van der Waals surface area contributed by atoms with Crippen LogP contribution in [0.5, 0.6) is 0 Å². The summed E-state index contributed by atoms with van der Waals surface area (Å²) in [5, 5.41) is 0.816. The van der Waals surface area contributed by atoms with E-state index in [1.165, 1.54) is 14.2 Å². The molecule has 3 aromatic carbocycles. The third-order valence-electron chi connectivity index (χ3n) is 6.66. The maximum absolute atomic E-state index is 14.8. The van der Waals surface area contributed by atoms with Crippen LogP contribution in [0, 0.1) is 0 Å². The highest BCUT2D eigenvalue weighted by Crippen LogP contribution is 2.71.